The van der Waals surface area contributed by atoms with Crippen molar-refractivity contribution in [2.45, 2.75) is 51.0 Å². The normalized spacial score (nSPS) is 15.4. The van der Waals surface area contributed by atoms with Gasteiger partial charge in [0.25, 0.3) is 0 Å². The van der Waals surface area contributed by atoms with Gasteiger partial charge >= 0.3 is 0 Å². The largest absolute Gasteiger partial charge is 0.353 e. The van der Waals surface area contributed by atoms with Gasteiger partial charge in [-0.3, -0.25) is 9.20 Å². The first-order valence-electron chi connectivity index (χ1n) is 9.20. The number of carbonyl (C=O) groups is 1. The summed E-state index contributed by atoms with van der Waals surface area (Å²) in [5.41, 5.74) is 3.12. The van der Waals surface area contributed by atoms with E-state index in [1.165, 1.54) is 19.3 Å². The third-order valence-corrected chi connectivity index (χ3v) is 6.14. The Labute approximate surface area is 162 Å². The number of nitrogens with zero attached hydrogens (tertiary/aromatic N) is 2. The van der Waals surface area contributed by atoms with Crippen molar-refractivity contribution in [3.8, 4) is 11.3 Å². The summed E-state index contributed by atoms with van der Waals surface area (Å²) in [6, 6.07) is 8.09. The molecule has 2 heterocycles. The number of carbonyl (C=O) groups excluding carboxylic acids is 1. The van der Waals surface area contributed by atoms with E-state index in [1.807, 2.05) is 30.5 Å². The zero-order chi connectivity index (χ0) is 17.9. The van der Waals surface area contributed by atoms with E-state index in [4.69, 9.17) is 16.6 Å². The summed E-state index contributed by atoms with van der Waals surface area (Å²) in [6.07, 6.45) is 9.32. The summed E-state index contributed by atoms with van der Waals surface area (Å²) in [5.74, 6) is 0.161. The molecule has 1 amide bonds. The SMILES string of the molecule is O=C(CCc1csc2nc(-c3ccc(Cl)cc3)cn12)NC1CCCCC1. The Hall–Kier alpha value is -1.85. The molecular formula is C20H22ClN3OS. The van der Waals surface area contributed by atoms with E-state index in [2.05, 4.69) is 15.1 Å². The number of thiazole rings is 1. The number of imidazole rings is 1. The topological polar surface area (TPSA) is 46.4 Å². The van der Waals surface area contributed by atoms with Crippen LogP contribution in [-0.2, 0) is 11.2 Å². The van der Waals surface area contributed by atoms with Crippen LogP contribution in [0.5, 0.6) is 0 Å². The molecule has 2 aromatic heterocycles. The van der Waals surface area contributed by atoms with E-state index < -0.39 is 0 Å². The number of aromatic nitrogens is 2. The highest BCUT2D eigenvalue weighted by atomic mass is 35.5. The van der Waals surface area contributed by atoms with Gasteiger partial charge in [-0.2, -0.15) is 0 Å². The molecule has 0 unspecified atom stereocenters. The highest BCUT2D eigenvalue weighted by molar-refractivity contribution is 7.15. The first kappa shape index (κ1) is 17.6. The predicted octanol–water partition coefficient (Wildman–Crippen LogP) is 5.10. The monoisotopic (exact) mass is 387 g/mol. The third-order valence-electron chi connectivity index (χ3n) is 5.00. The lowest BCUT2D eigenvalue weighted by Crippen LogP contribution is -2.36. The van der Waals surface area contributed by atoms with E-state index >= 15 is 0 Å². The van der Waals surface area contributed by atoms with Gasteiger partial charge in [0.15, 0.2) is 4.96 Å². The minimum absolute atomic E-state index is 0.161. The predicted molar refractivity (Wildman–Crippen MR) is 107 cm³/mol. The van der Waals surface area contributed by atoms with Crippen LogP contribution in [0.1, 0.15) is 44.2 Å². The van der Waals surface area contributed by atoms with Gasteiger partial charge in [-0.15, -0.1) is 11.3 Å². The molecule has 1 saturated carbocycles. The molecule has 26 heavy (non-hydrogen) atoms. The van der Waals surface area contributed by atoms with Gasteiger partial charge in [-0.1, -0.05) is 43.0 Å². The Morgan fingerprint density at radius 2 is 2.00 bits per heavy atom. The van der Waals surface area contributed by atoms with Gasteiger partial charge in [0.2, 0.25) is 5.91 Å². The smallest absolute Gasteiger partial charge is 0.220 e. The number of benzene rings is 1. The molecular weight excluding hydrogens is 366 g/mol. The zero-order valence-corrected chi connectivity index (χ0v) is 16.2. The maximum atomic E-state index is 12.3. The van der Waals surface area contributed by atoms with Crippen molar-refractivity contribution in [1.82, 2.24) is 14.7 Å². The maximum Gasteiger partial charge on any atom is 0.220 e. The molecule has 0 radical (unpaired) electrons. The Kier molecular flexibility index (Phi) is 5.27. The van der Waals surface area contributed by atoms with Crippen LogP contribution < -0.4 is 5.32 Å². The van der Waals surface area contributed by atoms with Crippen molar-refractivity contribution in [1.29, 1.82) is 0 Å². The Morgan fingerprint density at radius 1 is 1.23 bits per heavy atom. The van der Waals surface area contributed by atoms with E-state index in [0.717, 1.165) is 46.2 Å². The second-order valence-electron chi connectivity index (χ2n) is 6.92. The minimum atomic E-state index is 0.161. The van der Waals surface area contributed by atoms with Crippen molar-refractivity contribution >= 4 is 33.8 Å². The summed E-state index contributed by atoms with van der Waals surface area (Å²) >= 11 is 7.58. The van der Waals surface area contributed by atoms with Gasteiger partial charge in [0, 0.05) is 40.3 Å². The van der Waals surface area contributed by atoms with Gasteiger partial charge in [-0.25, -0.2) is 4.98 Å². The van der Waals surface area contributed by atoms with Crippen LogP contribution in [0.15, 0.2) is 35.8 Å². The van der Waals surface area contributed by atoms with Gasteiger partial charge in [-0.05, 0) is 31.4 Å². The standard InChI is InChI=1S/C20H22ClN3OS/c21-15-8-6-14(7-9-15)18-12-24-17(13-26-20(24)23-18)10-11-19(25)22-16-4-2-1-3-5-16/h6-9,12-13,16H,1-5,10-11H2,(H,22,25). The molecule has 0 atom stereocenters. The van der Waals surface area contributed by atoms with Crippen LogP contribution in [0, 0.1) is 0 Å². The van der Waals surface area contributed by atoms with Crippen molar-refractivity contribution in [3.05, 3.63) is 46.6 Å². The average Bonchev–Trinajstić information content (AvgIpc) is 3.22. The van der Waals surface area contributed by atoms with Crippen LogP contribution in [0.25, 0.3) is 16.2 Å². The van der Waals surface area contributed by atoms with Gasteiger partial charge in [0.1, 0.15) is 0 Å². The highest BCUT2D eigenvalue weighted by Gasteiger charge is 2.16. The summed E-state index contributed by atoms with van der Waals surface area (Å²) in [6.45, 7) is 0. The molecule has 1 aliphatic rings. The van der Waals surface area contributed by atoms with Crippen LogP contribution in [-0.4, -0.2) is 21.3 Å². The first-order chi connectivity index (χ1) is 12.7. The molecule has 3 aromatic rings. The van der Waals surface area contributed by atoms with Crippen LogP contribution >= 0.6 is 22.9 Å². The van der Waals surface area contributed by atoms with Crippen molar-refractivity contribution in [2.24, 2.45) is 0 Å². The van der Waals surface area contributed by atoms with Gasteiger partial charge in [0.05, 0.1) is 5.69 Å². The quantitative estimate of drug-likeness (QED) is 0.662. The molecule has 6 heteroatoms. The number of halogens is 1. The van der Waals surface area contributed by atoms with Gasteiger partial charge < -0.3 is 5.32 Å². The molecule has 0 saturated heterocycles. The van der Waals surface area contributed by atoms with E-state index in [0.29, 0.717) is 12.5 Å². The number of aryl methyl sites for hydroxylation is 1. The fourth-order valence-corrected chi connectivity index (χ4v) is 4.59. The number of nitrogens with one attached hydrogen (secondary N) is 1. The molecule has 0 aliphatic heterocycles. The molecule has 0 bridgehead atoms. The minimum Gasteiger partial charge on any atom is -0.353 e. The summed E-state index contributed by atoms with van der Waals surface area (Å²) in [5, 5.41) is 6.01. The molecule has 1 N–H and O–H groups in total. The zero-order valence-electron chi connectivity index (χ0n) is 14.6. The lowest BCUT2D eigenvalue weighted by molar-refractivity contribution is -0.122. The lowest BCUT2D eigenvalue weighted by atomic mass is 9.95. The second-order valence-corrected chi connectivity index (χ2v) is 8.19. The average molecular weight is 388 g/mol. The van der Waals surface area contributed by atoms with Crippen LogP contribution in [0.2, 0.25) is 5.02 Å². The molecule has 1 fully saturated rings. The van der Waals surface area contributed by atoms with Crippen molar-refractivity contribution in [3.63, 3.8) is 0 Å². The number of amides is 1. The Bertz CT molecular complexity index is 894. The fraction of sp³-hybridized carbons (Fsp3) is 0.400. The Balaban J connectivity index is 1.42. The molecule has 1 aliphatic carbocycles. The van der Waals surface area contributed by atoms with E-state index in [-0.39, 0.29) is 5.91 Å². The summed E-state index contributed by atoms with van der Waals surface area (Å²) in [4.78, 5) is 17.9. The fourth-order valence-electron chi connectivity index (χ4n) is 3.56. The first-order valence-corrected chi connectivity index (χ1v) is 10.5. The maximum absolute atomic E-state index is 12.3. The van der Waals surface area contributed by atoms with Crippen LogP contribution in [0.3, 0.4) is 0 Å². The van der Waals surface area contributed by atoms with Crippen molar-refractivity contribution < 1.29 is 4.79 Å². The second kappa shape index (κ2) is 7.80. The molecule has 136 valence electrons. The number of fused-ring (bicyclic) bond motifs is 1. The molecule has 0 spiro atoms. The number of hydrogen-bond acceptors (Lipinski definition) is 3. The number of hydrogen-bond donors (Lipinski definition) is 1. The molecule has 4 nitrogen and oxygen atoms in total. The molecule has 1 aromatic carbocycles. The van der Waals surface area contributed by atoms with Crippen molar-refractivity contribution in [2.75, 3.05) is 0 Å². The lowest BCUT2D eigenvalue weighted by Gasteiger charge is -2.22. The summed E-state index contributed by atoms with van der Waals surface area (Å²) in [7, 11) is 0. The van der Waals surface area contributed by atoms with Crippen LogP contribution in [0.4, 0.5) is 0 Å². The Morgan fingerprint density at radius 3 is 2.77 bits per heavy atom. The number of rotatable bonds is 5. The molecule has 4 rings (SSSR count). The highest BCUT2D eigenvalue weighted by Crippen LogP contribution is 2.25. The van der Waals surface area contributed by atoms with E-state index in [9.17, 15) is 4.79 Å². The third kappa shape index (κ3) is 3.94. The summed E-state index contributed by atoms with van der Waals surface area (Å²) < 4.78 is 2.10. The van der Waals surface area contributed by atoms with E-state index in [1.54, 1.807) is 11.3 Å².